The van der Waals surface area contributed by atoms with Gasteiger partial charge in [-0.15, -0.1) is 0 Å². The van der Waals surface area contributed by atoms with Crippen LogP contribution in [0.4, 0.5) is 0 Å². The molecule has 92 valence electrons. The van der Waals surface area contributed by atoms with Crippen LogP contribution in [0.2, 0.25) is 0 Å². The Hall–Kier alpha value is -1.75. The van der Waals surface area contributed by atoms with Crippen LogP contribution in [0.15, 0.2) is 12.1 Å². The number of benzene rings is 1. The van der Waals surface area contributed by atoms with E-state index in [0.29, 0.717) is 42.6 Å². The molecule has 0 aromatic heterocycles. The third-order valence-corrected chi connectivity index (χ3v) is 2.32. The van der Waals surface area contributed by atoms with E-state index >= 15 is 0 Å². The maximum Gasteiger partial charge on any atom is 0.231 e. The molecule has 1 aliphatic heterocycles. The van der Waals surface area contributed by atoms with Gasteiger partial charge in [0.15, 0.2) is 17.8 Å². The number of carbonyl (C=O) groups is 1. The molecule has 0 bridgehead atoms. The van der Waals surface area contributed by atoms with E-state index in [4.69, 9.17) is 18.9 Å². The van der Waals surface area contributed by atoms with Crippen LogP contribution >= 0.6 is 0 Å². The van der Waals surface area contributed by atoms with Gasteiger partial charge in [-0.3, -0.25) is 4.79 Å². The maximum atomic E-state index is 10.9. The van der Waals surface area contributed by atoms with Crippen molar-refractivity contribution >= 4 is 6.29 Å². The van der Waals surface area contributed by atoms with E-state index < -0.39 is 0 Å². The number of ether oxygens (including phenoxy) is 4. The molecule has 1 heterocycles. The lowest BCUT2D eigenvalue weighted by Gasteiger charge is -2.09. The molecule has 0 spiro atoms. The van der Waals surface area contributed by atoms with Gasteiger partial charge in [0.25, 0.3) is 0 Å². The Morgan fingerprint density at radius 2 is 2.06 bits per heavy atom. The van der Waals surface area contributed by atoms with Crippen LogP contribution < -0.4 is 14.2 Å². The first-order valence-electron chi connectivity index (χ1n) is 5.44. The van der Waals surface area contributed by atoms with E-state index in [-0.39, 0.29) is 6.79 Å². The van der Waals surface area contributed by atoms with Crippen LogP contribution in [0.5, 0.6) is 17.2 Å². The van der Waals surface area contributed by atoms with Crippen LogP contribution in [-0.2, 0) is 4.74 Å². The second-order valence-corrected chi connectivity index (χ2v) is 3.41. The standard InChI is InChI=1S/C12H14O5/c1-2-14-3-4-15-10-6-12-11(16-8-17-12)5-9(10)7-13/h5-7H,2-4,8H2,1H3. The third-order valence-electron chi connectivity index (χ3n) is 2.32. The fourth-order valence-electron chi connectivity index (χ4n) is 1.51. The summed E-state index contributed by atoms with van der Waals surface area (Å²) < 4.78 is 21.0. The van der Waals surface area contributed by atoms with Gasteiger partial charge in [-0.25, -0.2) is 0 Å². The first kappa shape index (κ1) is 11.7. The summed E-state index contributed by atoms with van der Waals surface area (Å²) >= 11 is 0. The van der Waals surface area contributed by atoms with Gasteiger partial charge in [0.05, 0.1) is 12.2 Å². The SMILES string of the molecule is CCOCCOc1cc2c(cc1C=O)OCO2. The lowest BCUT2D eigenvalue weighted by molar-refractivity contribution is 0.106. The van der Waals surface area contributed by atoms with E-state index in [9.17, 15) is 4.79 Å². The topological polar surface area (TPSA) is 54.0 Å². The quantitative estimate of drug-likeness (QED) is 0.557. The number of aldehydes is 1. The van der Waals surface area contributed by atoms with Crippen molar-refractivity contribution in [3.8, 4) is 17.2 Å². The number of hydrogen-bond acceptors (Lipinski definition) is 5. The molecule has 1 aliphatic rings. The maximum absolute atomic E-state index is 10.9. The molecule has 5 nitrogen and oxygen atoms in total. The van der Waals surface area contributed by atoms with Gasteiger partial charge in [0.1, 0.15) is 12.4 Å². The molecule has 0 amide bonds. The monoisotopic (exact) mass is 238 g/mol. The Balaban J connectivity index is 2.07. The van der Waals surface area contributed by atoms with Crippen molar-refractivity contribution in [2.75, 3.05) is 26.6 Å². The molecule has 0 saturated heterocycles. The summed E-state index contributed by atoms with van der Waals surface area (Å²) in [5, 5.41) is 0. The summed E-state index contributed by atoms with van der Waals surface area (Å²) in [6, 6.07) is 3.28. The Morgan fingerprint density at radius 1 is 1.29 bits per heavy atom. The van der Waals surface area contributed by atoms with Gasteiger partial charge >= 0.3 is 0 Å². The van der Waals surface area contributed by atoms with E-state index in [1.165, 1.54) is 0 Å². The van der Waals surface area contributed by atoms with E-state index in [2.05, 4.69) is 0 Å². The highest BCUT2D eigenvalue weighted by molar-refractivity contribution is 5.81. The molecular formula is C12H14O5. The second kappa shape index (κ2) is 5.54. The lowest BCUT2D eigenvalue weighted by Crippen LogP contribution is -2.07. The minimum absolute atomic E-state index is 0.177. The van der Waals surface area contributed by atoms with Crippen molar-refractivity contribution in [1.29, 1.82) is 0 Å². The first-order chi connectivity index (χ1) is 8.35. The van der Waals surface area contributed by atoms with Gasteiger partial charge in [0, 0.05) is 12.7 Å². The Bertz CT molecular complexity index is 402. The van der Waals surface area contributed by atoms with Gasteiger partial charge in [-0.2, -0.15) is 0 Å². The highest BCUT2D eigenvalue weighted by atomic mass is 16.7. The highest BCUT2D eigenvalue weighted by Gasteiger charge is 2.17. The molecular weight excluding hydrogens is 224 g/mol. The summed E-state index contributed by atoms with van der Waals surface area (Å²) in [6.45, 7) is 3.62. The van der Waals surface area contributed by atoms with Crippen LogP contribution in [-0.4, -0.2) is 32.9 Å². The zero-order valence-corrected chi connectivity index (χ0v) is 9.60. The van der Waals surface area contributed by atoms with Crippen molar-refractivity contribution in [2.45, 2.75) is 6.92 Å². The van der Waals surface area contributed by atoms with Crippen molar-refractivity contribution in [2.24, 2.45) is 0 Å². The minimum atomic E-state index is 0.177. The number of fused-ring (bicyclic) bond motifs is 1. The first-order valence-corrected chi connectivity index (χ1v) is 5.44. The van der Waals surface area contributed by atoms with Crippen LogP contribution in [0.1, 0.15) is 17.3 Å². The molecule has 0 atom stereocenters. The molecule has 0 fully saturated rings. The molecule has 0 radical (unpaired) electrons. The Kier molecular flexibility index (Phi) is 3.82. The fourth-order valence-corrected chi connectivity index (χ4v) is 1.51. The zero-order chi connectivity index (χ0) is 12.1. The molecule has 1 aromatic carbocycles. The van der Waals surface area contributed by atoms with Crippen molar-refractivity contribution < 1.29 is 23.7 Å². The van der Waals surface area contributed by atoms with Gasteiger partial charge in [0.2, 0.25) is 6.79 Å². The second-order valence-electron chi connectivity index (χ2n) is 3.41. The average Bonchev–Trinajstić information content (AvgIpc) is 2.80. The number of rotatable bonds is 6. The molecule has 5 heteroatoms. The lowest BCUT2D eigenvalue weighted by atomic mass is 10.2. The molecule has 1 aromatic rings. The minimum Gasteiger partial charge on any atom is -0.490 e. The number of carbonyl (C=O) groups excluding carboxylic acids is 1. The van der Waals surface area contributed by atoms with E-state index in [1.54, 1.807) is 12.1 Å². The van der Waals surface area contributed by atoms with Crippen LogP contribution in [0, 0.1) is 0 Å². The fraction of sp³-hybridized carbons (Fsp3) is 0.417. The molecule has 17 heavy (non-hydrogen) atoms. The highest BCUT2D eigenvalue weighted by Crippen LogP contribution is 2.37. The van der Waals surface area contributed by atoms with Gasteiger partial charge < -0.3 is 18.9 Å². The van der Waals surface area contributed by atoms with E-state index in [0.717, 1.165) is 6.29 Å². The van der Waals surface area contributed by atoms with E-state index in [1.807, 2.05) is 6.92 Å². The van der Waals surface area contributed by atoms with Crippen molar-refractivity contribution in [3.05, 3.63) is 17.7 Å². The summed E-state index contributed by atoms with van der Waals surface area (Å²) in [5.41, 5.74) is 0.450. The van der Waals surface area contributed by atoms with Crippen molar-refractivity contribution in [3.63, 3.8) is 0 Å². The normalized spacial score (nSPS) is 12.5. The molecule has 0 saturated carbocycles. The van der Waals surface area contributed by atoms with Crippen LogP contribution in [0.3, 0.4) is 0 Å². The van der Waals surface area contributed by atoms with Gasteiger partial charge in [-0.05, 0) is 13.0 Å². The predicted octanol–water partition coefficient (Wildman–Crippen LogP) is 1.64. The smallest absolute Gasteiger partial charge is 0.231 e. The average molecular weight is 238 g/mol. The zero-order valence-electron chi connectivity index (χ0n) is 9.60. The molecule has 0 N–H and O–H groups in total. The third kappa shape index (κ3) is 2.68. The van der Waals surface area contributed by atoms with Gasteiger partial charge in [-0.1, -0.05) is 0 Å². The largest absolute Gasteiger partial charge is 0.490 e. The van der Waals surface area contributed by atoms with Crippen molar-refractivity contribution in [1.82, 2.24) is 0 Å². The summed E-state index contributed by atoms with van der Waals surface area (Å²) in [6.07, 6.45) is 0.734. The molecule has 0 aliphatic carbocycles. The number of hydrogen-bond donors (Lipinski definition) is 0. The summed E-state index contributed by atoms with van der Waals surface area (Å²) in [5.74, 6) is 1.66. The predicted molar refractivity (Wildman–Crippen MR) is 59.9 cm³/mol. The molecule has 0 unspecified atom stereocenters. The Morgan fingerprint density at radius 3 is 2.76 bits per heavy atom. The summed E-state index contributed by atoms with van der Waals surface area (Å²) in [7, 11) is 0. The molecule has 2 rings (SSSR count). The van der Waals surface area contributed by atoms with Crippen LogP contribution in [0.25, 0.3) is 0 Å². The Labute approximate surface area is 99.2 Å². The summed E-state index contributed by atoms with van der Waals surface area (Å²) in [4.78, 5) is 10.9.